The van der Waals surface area contributed by atoms with Gasteiger partial charge in [0.15, 0.2) is 5.82 Å². The number of carbonyl (C=O) groups is 1. The number of benzene rings is 1. The molecule has 4 aromatic rings. The van der Waals surface area contributed by atoms with E-state index >= 15 is 0 Å². The van der Waals surface area contributed by atoms with Crippen molar-refractivity contribution in [3.05, 3.63) is 95.0 Å². The van der Waals surface area contributed by atoms with Gasteiger partial charge in [-0.3, -0.25) is 9.78 Å². The molecule has 168 valence electrons. The van der Waals surface area contributed by atoms with E-state index in [-0.39, 0.29) is 5.56 Å². The highest BCUT2D eigenvalue weighted by atomic mass is 35.5. The van der Waals surface area contributed by atoms with Gasteiger partial charge in [-0.25, -0.2) is 9.67 Å². The predicted octanol–water partition coefficient (Wildman–Crippen LogP) is 5.49. The van der Waals surface area contributed by atoms with Gasteiger partial charge in [0.05, 0.1) is 16.6 Å². The maximum absolute atomic E-state index is 13.1. The van der Waals surface area contributed by atoms with E-state index in [0.717, 1.165) is 17.8 Å². The zero-order valence-corrected chi connectivity index (χ0v) is 18.0. The molecule has 0 aliphatic heterocycles. The molecule has 0 fully saturated rings. The first-order valence-corrected chi connectivity index (χ1v) is 10.2. The van der Waals surface area contributed by atoms with E-state index in [1.807, 2.05) is 30.3 Å². The van der Waals surface area contributed by atoms with Crippen molar-refractivity contribution < 1.29 is 18.0 Å². The van der Waals surface area contributed by atoms with Crippen molar-refractivity contribution in [1.82, 2.24) is 25.1 Å². The molecule has 1 N–H and O–H groups in total. The molecule has 3 heterocycles. The van der Waals surface area contributed by atoms with Gasteiger partial charge >= 0.3 is 6.18 Å². The van der Waals surface area contributed by atoms with Crippen molar-refractivity contribution in [3.8, 4) is 17.1 Å². The van der Waals surface area contributed by atoms with E-state index in [4.69, 9.17) is 11.6 Å². The summed E-state index contributed by atoms with van der Waals surface area (Å²) >= 11 is 5.91. The number of nitrogens with zero attached hydrogens (tertiary/aromatic N) is 4. The Labute approximate surface area is 192 Å². The number of amides is 1. The van der Waals surface area contributed by atoms with E-state index < -0.39 is 23.8 Å². The first-order chi connectivity index (χ1) is 15.7. The summed E-state index contributed by atoms with van der Waals surface area (Å²) < 4.78 is 39.8. The molecule has 1 atom stereocenters. The molecule has 1 amide bonds. The van der Waals surface area contributed by atoms with Crippen LogP contribution < -0.4 is 5.32 Å². The third-order valence-corrected chi connectivity index (χ3v) is 5.10. The third-order valence-electron chi connectivity index (χ3n) is 4.88. The summed E-state index contributed by atoms with van der Waals surface area (Å²) in [6.45, 7) is 1.66. The van der Waals surface area contributed by atoms with Crippen LogP contribution >= 0.6 is 11.6 Å². The minimum Gasteiger partial charge on any atom is -0.345 e. The molecule has 0 bridgehead atoms. The van der Waals surface area contributed by atoms with E-state index in [9.17, 15) is 18.0 Å². The highest BCUT2D eigenvalue weighted by Gasteiger charge is 2.32. The molecule has 0 saturated heterocycles. The van der Waals surface area contributed by atoms with Gasteiger partial charge in [-0.2, -0.15) is 18.3 Å². The van der Waals surface area contributed by atoms with E-state index in [2.05, 4.69) is 20.4 Å². The molecule has 0 aliphatic rings. The minimum atomic E-state index is -4.53. The number of hydrogen-bond acceptors (Lipinski definition) is 4. The van der Waals surface area contributed by atoms with Crippen LogP contribution in [0.3, 0.4) is 0 Å². The van der Waals surface area contributed by atoms with Crippen LogP contribution in [-0.4, -0.2) is 25.7 Å². The molecule has 33 heavy (non-hydrogen) atoms. The molecule has 0 spiro atoms. The van der Waals surface area contributed by atoms with Crippen LogP contribution in [0.25, 0.3) is 17.1 Å². The summed E-state index contributed by atoms with van der Waals surface area (Å²) in [5, 5.41) is 7.80. The molecule has 1 aromatic carbocycles. The smallest absolute Gasteiger partial charge is 0.345 e. The lowest BCUT2D eigenvalue weighted by Gasteiger charge is -2.15. The zero-order valence-electron chi connectivity index (χ0n) is 17.2. The Kier molecular flexibility index (Phi) is 6.15. The summed E-state index contributed by atoms with van der Waals surface area (Å²) in [7, 11) is 0. The fourth-order valence-electron chi connectivity index (χ4n) is 3.16. The lowest BCUT2D eigenvalue weighted by molar-refractivity contribution is -0.141. The summed E-state index contributed by atoms with van der Waals surface area (Å²) in [6.07, 6.45) is -0.404. The van der Waals surface area contributed by atoms with Crippen LogP contribution in [0.4, 0.5) is 13.2 Å². The highest BCUT2D eigenvalue weighted by Crippen LogP contribution is 2.28. The van der Waals surface area contributed by atoms with Crippen molar-refractivity contribution in [1.29, 1.82) is 0 Å². The zero-order chi connectivity index (χ0) is 23.6. The maximum atomic E-state index is 13.1. The SMILES string of the molecule is C[C@@H](NC(=O)c1cn(-c2ccc(Cl)cn2)nc1-c1ccccc1)c1ccc(C(F)(F)F)nc1. The first-order valence-electron chi connectivity index (χ1n) is 9.83. The molecular weight excluding hydrogens is 455 g/mol. The van der Waals surface area contributed by atoms with Gasteiger partial charge in [0, 0.05) is 24.2 Å². The largest absolute Gasteiger partial charge is 0.433 e. The number of nitrogens with one attached hydrogen (secondary N) is 1. The van der Waals surface area contributed by atoms with Gasteiger partial charge in [-0.1, -0.05) is 48.0 Å². The summed E-state index contributed by atoms with van der Waals surface area (Å²) in [5.74, 6) is 0.0251. The van der Waals surface area contributed by atoms with Gasteiger partial charge < -0.3 is 5.32 Å². The maximum Gasteiger partial charge on any atom is 0.433 e. The third kappa shape index (κ3) is 5.04. The van der Waals surface area contributed by atoms with Crippen molar-refractivity contribution in [2.75, 3.05) is 0 Å². The quantitative estimate of drug-likeness (QED) is 0.417. The van der Waals surface area contributed by atoms with Crippen LogP contribution in [0.5, 0.6) is 0 Å². The fraction of sp³-hybridized carbons (Fsp3) is 0.130. The Balaban J connectivity index is 1.64. The normalized spacial score (nSPS) is 12.4. The molecule has 6 nitrogen and oxygen atoms in total. The average molecular weight is 472 g/mol. The second kappa shape index (κ2) is 9.03. The van der Waals surface area contributed by atoms with Gasteiger partial charge in [0.25, 0.3) is 5.91 Å². The Morgan fingerprint density at radius 2 is 1.79 bits per heavy atom. The van der Waals surface area contributed by atoms with Crippen LogP contribution in [0.15, 0.2) is 73.2 Å². The Hall–Kier alpha value is -3.72. The topological polar surface area (TPSA) is 72.7 Å². The second-order valence-electron chi connectivity index (χ2n) is 7.21. The number of alkyl halides is 3. The van der Waals surface area contributed by atoms with Gasteiger partial charge in [0.1, 0.15) is 11.4 Å². The van der Waals surface area contributed by atoms with Crippen molar-refractivity contribution >= 4 is 17.5 Å². The number of aromatic nitrogens is 4. The number of hydrogen-bond donors (Lipinski definition) is 1. The Morgan fingerprint density at radius 3 is 2.39 bits per heavy atom. The number of pyridine rings is 2. The van der Waals surface area contributed by atoms with E-state index in [1.165, 1.54) is 16.9 Å². The van der Waals surface area contributed by atoms with Gasteiger partial charge in [-0.05, 0) is 30.7 Å². The predicted molar refractivity (Wildman–Crippen MR) is 117 cm³/mol. The monoisotopic (exact) mass is 471 g/mol. The molecule has 0 radical (unpaired) electrons. The lowest BCUT2D eigenvalue weighted by atomic mass is 10.1. The standard InChI is InChI=1S/C23H17ClF3N5O/c1-14(16-7-9-19(28-11-16)23(25,26)27)30-22(33)18-13-32(20-10-8-17(24)12-29-20)31-21(18)15-5-3-2-4-6-15/h2-14H,1H3,(H,30,33)/t14-/m1/s1. The lowest BCUT2D eigenvalue weighted by Crippen LogP contribution is -2.27. The summed E-state index contributed by atoms with van der Waals surface area (Å²) in [6, 6.07) is 14.1. The number of carbonyl (C=O) groups excluding carboxylic acids is 1. The summed E-state index contributed by atoms with van der Waals surface area (Å²) in [4.78, 5) is 20.8. The molecule has 3 aromatic heterocycles. The van der Waals surface area contributed by atoms with Crippen LogP contribution in [0, 0.1) is 0 Å². The number of rotatable bonds is 5. The Bertz CT molecular complexity index is 1260. The van der Waals surface area contributed by atoms with Crippen LogP contribution in [0.2, 0.25) is 5.02 Å². The molecular formula is C23H17ClF3N5O. The highest BCUT2D eigenvalue weighted by molar-refractivity contribution is 6.30. The molecule has 0 aliphatic carbocycles. The van der Waals surface area contributed by atoms with Crippen LogP contribution in [-0.2, 0) is 6.18 Å². The second-order valence-corrected chi connectivity index (χ2v) is 7.64. The van der Waals surface area contributed by atoms with Crippen LogP contribution in [0.1, 0.15) is 34.6 Å². The van der Waals surface area contributed by atoms with Gasteiger partial charge in [-0.15, -0.1) is 0 Å². The molecule has 10 heteroatoms. The van der Waals surface area contributed by atoms with Crippen molar-refractivity contribution in [2.45, 2.75) is 19.1 Å². The molecule has 4 rings (SSSR count). The molecule has 0 saturated carbocycles. The fourth-order valence-corrected chi connectivity index (χ4v) is 3.27. The first kappa shape index (κ1) is 22.5. The summed E-state index contributed by atoms with van der Waals surface area (Å²) in [5.41, 5.74) is 0.878. The average Bonchev–Trinajstić information content (AvgIpc) is 3.25. The number of halogens is 4. The minimum absolute atomic E-state index is 0.282. The van der Waals surface area contributed by atoms with Crippen molar-refractivity contribution in [2.24, 2.45) is 0 Å². The van der Waals surface area contributed by atoms with E-state index in [0.29, 0.717) is 22.1 Å². The van der Waals surface area contributed by atoms with E-state index in [1.54, 1.807) is 25.3 Å². The van der Waals surface area contributed by atoms with Crippen molar-refractivity contribution in [3.63, 3.8) is 0 Å². The van der Waals surface area contributed by atoms with Gasteiger partial charge in [0.2, 0.25) is 0 Å². The Morgan fingerprint density at radius 1 is 1.03 bits per heavy atom. The molecule has 0 unspecified atom stereocenters.